The second kappa shape index (κ2) is 36.6. The Bertz CT molecular complexity index is 726. The Morgan fingerprint density at radius 2 is 0.956 bits per heavy atom. The first-order valence-corrected chi connectivity index (χ1v) is 19.0. The molecule has 0 aliphatic carbocycles. The van der Waals surface area contributed by atoms with Gasteiger partial charge in [0.25, 0.3) is 0 Å². The maximum atomic E-state index is 12.1. The fourth-order valence-corrected chi connectivity index (χ4v) is 5.33. The van der Waals surface area contributed by atoms with Gasteiger partial charge in [0.2, 0.25) is 0 Å². The molecule has 0 aliphatic heterocycles. The van der Waals surface area contributed by atoms with Crippen molar-refractivity contribution in [1.29, 1.82) is 0 Å². The third-order valence-corrected chi connectivity index (χ3v) is 8.20. The fraction of sp³-hybridized carbons (Fsp3) is 0.800. The van der Waals surface area contributed by atoms with Gasteiger partial charge in [0.15, 0.2) is 6.10 Å². The quantitative estimate of drug-likeness (QED) is 0.0434. The van der Waals surface area contributed by atoms with Crippen LogP contribution in [0.5, 0.6) is 0 Å². The minimum atomic E-state index is -0.776. The summed E-state index contributed by atoms with van der Waals surface area (Å²) in [6.07, 6.45) is 43.4. The van der Waals surface area contributed by atoms with E-state index in [1.807, 2.05) is 0 Å². The van der Waals surface area contributed by atoms with Crippen LogP contribution in [-0.4, -0.2) is 36.4 Å². The molecule has 0 spiro atoms. The zero-order chi connectivity index (χ0) is 32.9. The molecular weight excluding hydrogens is 560 g/mol. The number of ether oxygens (including phenoxy) is 2. The van der Waals surface area contributed by atoms with Gasteiger partial charge in [-0.3, -0.25) is 9.59 Å². The summed E-state index contributed by atoms with van der Waals surface area (Å²) in [5.74, 6) is -0.606. The molecule has 0 heterocycles. The van der Waals surface area contributed by atoms with Gasteiger partial charge in [-0.15, -0.1) is 0 Å². The second-order valence-electron chi connectivity index (χ2n) is 12.6. The maximum absolute atomic E-state index is 12.1. The number of aliphatic hydroxyl groups excluding tert-OH is 1. The molecular formula is C40H72O5. The van der Waals surface area contributed by atoms with E-state index in [1.165, 1.54) is 89.9 Å². The van der Waals surface area contributed by atoms with E-state index >= 15 is 0 Å². The first-order chi connectivity index (χ1) is 22.1. The van der Waals surface area contributed by atoms with Gasteiger partial charge in [-0.05, 0) is 44.9 Å². The van der Waals surface area contributed by atoms with Crippen LogP contribution in [0.15, 0.2) is 36.5 Å². The molecule has 45 heavy (non-hydrogen) atoms. The summed E-state index contributed by atoms with van der Waals surface area (Å²) in [5, 5.41) is 9.54. The summed E-state index contributed by atoms with van der Waals surface area (Å²) in [6, 6.07) is 0. The van der Waals surface area contributed by atoms with E-state index in [0.717, 1.165) is 70.6 Å². The summed E-state index contributed by atoms with van der Waals surface area (Å²) in [6.45, 7) is 4.01. The Balaban J connectivity index is 3.57. The van der Waals surface area contributed by atoms with E-state index in [2.05, 4.69) is 50.3 Å². The van der Waals surface area contributed by atoms with Crippen molar-refractivity contribution in [2.75, 3.05) is 13.2 Å². The molecule has 0 fully saturated rings. The minimum Gasteiger partial charge on any atom is -0.462 e. The molecule has 0 aromatic rings. The Morgan fingerprint density at radius 3 is 1.44 bits per heavy atom. The van der Waals surface area contributed by atoms with Crippen LogP contribution in [0.2, 0.25) is 0 Å². The number of hydrogen-bond acceptors (Lipinski definition) is 5. The molecule has 0 saturated heterocycles. The van der Waals surface area contributed by atoms with Gasteiger partial charge in [0.05, 0.1) is 6.61 Å². The largest absolute Gasteiger partial charge is 0.462 e. The van der Waals surface area contributed by atoms with Crippen molar-refractivity contribution >= 4 is 11.9 Å². The summed E-state index contributed by atoms with van der Waals surface area (Å²) < 4.78 is 10.6. The smallest absolute Gasteiger partial charge is 0.306 e. The highest BCUT2D eigenvalue weighted by Crippen LogP contribution is 2.14. The van der Waals surface area contributed by atoms with Crippen molar-refractivity contribution < 1.29 is 24.2 Å². The third kappa shape index (κ3) is 34.8. The molecule has 0 saturated carbocycles. The average Bonchev–Trinajstić information content (AvgIpc) is 3.04. The van der Waals surface area contributed by atoms with Crippen molar-refractivity contribution in [2.24, 2.45) is 0 Å². The minimum absolute atomic E-state index is 0.0703. The monoisotopic (exact) mass is 633 g/mol. The Labute approximate surface area is 278 Å². The van der Waals surface area contributed by atoms with Crippen LogP contribution in [0, 0.1) is 0 Å². The van der Waals surface area contributed by atoms with Gasteiger partial charge in [-0.1, -0.05) is 166 Å². The summed E-state index contributed by atoms with van der Waals surface area (Å²) in [7, 11) is 0. The number of allylic oxidation sites excluding steroid dienone is 6. The van der Waals surface area contributed by atoms with E-state index in [0.29, 0.717) is 12.8 Å². The number of rotatable bonds is 34. The predicted molar refractivity (Wildman–Crippen MR) is 191 cm³/mol. The number of aliphatic hydroxyl groups is 1. The van der Waals surface area contributed by atoms with Crippen molar-refractivity contribution in [2.45, 2.75) is 193 Å². The molecule has 0 aromatic carbocycles. The lowest BCUT2D eigenvalue weighted by Crippen LogP contribution is -2.28. The molecule has 262 valence electrons. The van der Waals surface area contributed by atoms with Crippen molar-refractivity contribution in [3.05, 3.63) is 36.5 Å². The first kappa shape index (κ1) is 43.1. The van der Waals surface area contributed by atoms with Gasteiger partial charge >= 0.3 is 11.9 Å². The molecule has 1 N–H and O–H groups in total. The normalized spacial score (nSPS) is 12.5. The molecule has 0 amide bonds. The lowest BCUT2D eigenvalue weighted by molar-refractivity contribution is -0.161. The number of carbonyl (C=O) groups excluding carboxylic acids is 2. The van der Waals surface area contributed by atoms with E-state index in [-0.39, 0.29) is 25.2 Å². The SMILES string of the molecule is CC/C=C\C/C=C\C/C=C\CCCCCCCC(=O)OC(CO)COC(=O)CCCCCCCCCCCCCCCCCC. The highest BCUT2D eigenvalue weighted by Gasteiger charge is 2.16. The molecule has 0 bridgehead atoms. The van der Waals surface area contributed by atoms with Gasteiger partial charge in [0.1, 0.15) is 6.61 Å². The van der Waals surface area contributed by atoms with Gasteiger partial charge in [-0.25, -0.2) is 0 Å². The maximum Gasteiger partial charge on any atom is 0.306 e. The molecule has 1 atom stereocenters. The summed E-state index contributed by atoms with van der Waals surface area (Å²) in [4.78, 5) is 24.2. The third-order valence-electron chi connectivity index (χ3n) is 8.20. The molecule has 0 rings (SSSR count). The van der Waals surface area contributed by atoms with E-state index < -0.39 is 6.10 Å². The van der Waals surface area contributed by atoms with E-state index in [1.54, 1.807) is 0 Å². The average molecular weight is 633 g/mol. The Morgan fingerprint density at radius 1 is 0.533 bits per heavy atom. The number of carbonyl (C=O) groups is 2. The molecule has 0 aromatic heterocycles. The molecule has 5 nitrogen and oxygen atoms in total. The van der Waals surface area contributed by atoms with Crippen LogP contribution < -0.4 is 0 Å². The van der Waals surface area contributed by atoms with Gasteiger partial charge < -0.3 is 14.6 Å². The zero-order valence-electron chi connectivity index (χ0n) is 29.6. The number of hydrogen-bond donors (Lipinski definition) is 1. The topological polar surface area (TPSA) is 72.8 Å². The van der Waals surface area contributed by atoms with Crippen molar-refractivity contribution in [1.82, 2.24) is 0 Å². The first-order valence-electron chi connectivity index (χ1n) is 19.0. The molecule has 1 unspecified atom stereocenters. The number of unbranched alkanes of at least 4 members (excludes halogenated alkanes) is 20. The lowest BCUT2D eigenvalue weighted by atomic mass is 10.0. The van der Waals surface area contributed by atoms with Gasteiger partial charge in [-0.2, -0.15) is 0 Å². The number of esters is 2. The highest BCUT2D eigenvalue weighted by molar-refractivity contribution is 5.70. The predicted octanol–water partition coefficient (Wildman–Crippen LogP) is 11.7. The Kier molecular flexibility index (Phi) is 35.1. The summed E-state index contributed by atoms with van der Waals surface area (Å²) >= 11 is 0. The molecule has 0 radical (unpaired) electrons. The van der Waals surface area contributed by atoms with Crippen LogP contribution in [-0.2, 0) is 19.1 Å². The molecule has 0 aliphatic rings. The summed E-state index contributed by atoms with van der Waals surface area (Å²) in [5.41, 5.74) is 0. The molecule has 5 heteroatoms. The van der Waals surface area contributed by atoms with Crippen LogP contribution in [0.4, 0.5) is 0 Å². The van der Waals surface area contributed by atoms with Gasteiger partial charge in [0, 0.05) is 12.8 Å². The van der Waals surface area contributed by atoms with Crippen molar-refractivity contribution in [3.8, 4) is 0 Å². The van der Waals surface area contributed by atoms with E-state index in [9.17, 15) is 14.7 Å². The standard InChI is InChI=1S/C40H72O5/c1-3-5-7-9-11-13-15-17-19-21-22-24-26-28-30-32-34-39(42)44-37-38(36-41)45-40(43)35-33-31-29-27-25-23-20-18-16-14-12-10-8-6-4-2/h6,8,12,14,18,20,38,41H,3-5,7,9-11,13,15-17,19,21-37H2,1-2H3/b8-6-,14-12-,20-18-. The zero-order valence-corrected chi connectivity index (χ0v) is 29.6. The van der Waals surface area contributed by atoms with E-state index in [4.69, 9.17) is 9.47 Å². The lowest BCUT2D eigenvalue weighted by Gasteiger charge is -2.15. The second-order valence-corrected chi connectivity index (χ2v) is 12.6. The van der Waals surface area contributed by atoms with Crippen LogP contribution in [0.3, 0.4) is 0 Å². The van der Waals surface area contributed by atoms with Crippen LogP contribution in [0.25, 0.3) is 0 Å². The Hall–Kier alpha value is -1.88. The van der Waals surface area contributed by atoms with Crippen molar-refractivity contribution in [3.63, 3.8) is 0 Å². The highest BCUT2D eigenvalue weighted by atomic mass is 16.6. The van der Waals surface area contributed by atoms with Crippen LogP contribution in [0.1, 0.15) is 187 Å². The van der Waals surface area contributed by atoms with Crippen LogP contribution >= 0.6 is 0 Å². The fourth-order valence-electron chi connectivity index (χ4n) is 5.33.